The molecule has 142 valence electrons. The Labute approximate surface area is 169 Å². The molecule has 25 heavy (non-hydrogen) atoms. The summed E-state index contributed by atoms with van der Waals surface area (Å²) in [6.45, 7) is 12.9. The third kappa shape index (κ3) is 10.3. The van der Waals surface area contributed by atoms with E-state index in [1.807, 2.05) is 20.8 Å². The van der Waals surface area contributed by atoms with Gasteiger partial charge in [0.2, 0.25) is 5.91 Å². The van der Waals surface area contributed by atoms with Crippen molar-refractivity contribution in [2.24, 2.45) is 10.9 Å². The van der Waals surface area contributed by atoms with Crippen molar-refractivity contribution in [1.29, 1.82) is 0 Å². The second-order valence-electron chi connectivity index (χ2n) is 6.38. The van der Waals surface area contributed by atoms with Crippen molar-refractivity contribution < 1.29 is 4.79 Å². The van der Waals surface area contributed by atoms with Gasteiger partial charge in [-0.3, -0.25) is 9.79 Å². The first-order valence-electron chi connectivity index (χ1n) is 8.79. The van der Waals surface area contributed by atoms with Gasteiger partial charge in [0, 0.05) is 32.1 Å². The zero-order chi connectivity index (χ0) is 17.9. The van der Waals surface area contributed by atoms with Gasteiger partial charge in [0.05, 0.1) is 0 Å². The number of carbonyl (C=O) groups is 1. The molecular formula is C19H33IN4O. The van der Waals surface area contributed by atoms with E-state index in [-0.39, 0.29) is 35.8 Å². The Hall–Kier alpha value is -1.31. The largest absolute Gasteiger partial charge is 0.357 e. The highest BCUT2D eigenvalue weighted by atomic mass is 127. The van der Waals surface area contributed by atoms with E-state index < -0.39 is 0 Å². The minimum Gasteiger partial charge on any atom is -0.357 e. The molecule has 0 saturated heterocycles. The summed E-state index contributed by atoms with van der Waals surface area (Å²) < 4.78 is 0. The Morgan fingerprint density at radius 1 is 1.04 bits per heavy atom. The number of aliphatic imine (C=N–C) groups is 1. The molecule has 0 aromatic heterocycles. The Morgan fingerprint density at radius 2 is 1.64 bits per heavy atom. The fourth-order valence-corrected chi connectivity index (χ4v) is 2.42. The molecule has 6 heteroatoms. The predicted octanol–water partition coefficient (Wildman–Crippen LogP) is 2.79. The van der Waals surface area contributed by atoms with Crippen molar-refractivity contribution >= 4 is 35.8 Å². The molecule has 1 amide bonds. The van der Waals surface area contributed by atoms with Crippen LogP contribution in [-0.4, -0.2) is 38.0 Å². The van der Waals surface area contributed by atoms with Crippen LogP contribution in [0.1, 0.15) is 37.5 Å². The fraction of sp³-hybridized carbons (Fsp3) is 0.579. The van der Waals surface area contributed by atoms with E-state index >= 15 is 0 Å². The highest BCUT2D eigenvalue weighted by Crippen LogP contribution is 2.09. The van der Waals surface area contributed by atoms with Gasteiger partial charge in [0.25, 0.3) is 0 Å². The molecule has 0 heterocycles. The number of halogens is 1. The molecule has 3 N–H and O–H groups in total. The first-order valence-corrected chi connectivity index (χ1v) is 8.79. The summed E-state index contributed by atoms with van der Waals surface area (Å²) in [4.78, 5) is 16.1. The molecule has 0 saturated carbocycles. The molecule has 1 rings (SSSR count). The topological polar surface area (TPSA) is 65.5 Å². The van der Waals surface area contributed by atoms with Crippen molar-refractivity contribution in [3.63, 3.8) is 0 Å². The van der Waals surface area contributed by atoms with Crippen molar-refractivity contribution in [3.8, 4) is 0 Å². The fourth-order valence-electron chi connectivity index (χ4n) is 2.42. The molecular weight excluding hydrogens is 427 g/mol. The molecule has 5 nitrogen and oxygen atoms in total. The summed E-state index contributed by atoms with van der Waals surface area (Å²) in [7, 11) is 0. The van der Waals surface area contributed by atoms with Crippen molar-refractivity contribution in [2.75, 3.05) is 26.2 Å². The number of guanidine groups is 1. The van der Waals surface area contributed by atoms with Crippen LogP contribution in [0.2, 0.25) is 0 Å². The predicted molar refractivity (Wildman–Crippen MR) is 117 cm³/mol. The quantitative estimate of drug-likeness (QED) is 0.242. The monoisotopic (exact) mass is 460 g/mol. The third-order valence-electron chi connectivity index (χ3n) is 3.54. The van der Waals surface area contributed by atoms with Crippen LogP contribution in [0.25, 0.3) is 0 Å². The average molecular weight is 460 g/mol. The molecule has 0 aliphatic heterocycles. The van der Waals surface area contributed by atoms with Crippen LogP contribution in [0.5, 0.6) is 0 Å². The highest BCUT2D eigenvalue weighted by molar-refractivity contribution is 14.0. The molecule has 0 aliphatic carbocycles. The number of rotatable bonds is 8. The van der Waals surface area contributed by atoms with Crippen LogP contribution in [-0.2, 0) is 11.2 Å². The number of carbonyl (C=O) groups excluding carboxylic acids is 1. The van der Waals surface area contributed by atoms with Crippen molar-refractivity contribution in [1.82, 2.24) is 16.0 Å². The number of aryl methyl sites for hydroxylation is 2. The molecule has 0 spiro atoms. The molecule has 0 bridgehead atoms. The van der Waals surface area contributed by atoms with E-state index in [1.165, 1.54) is 16.7 Å². The second kappa shape index (κ2) is 13.0. The third-order valence-corrected chi connectivity index (χ3v) is 3.54. The van der Waals surface area contributed by atoms with Crippen molar-refractivity contribution in [2.45, 2.75) is 41.0 Å². The number of hydrogen-bond acceptors (Lipinski definition) is 2. The summed E-state index contributed by atoms with van der Waals surface area (Å²) >= 11 is 0. The first kappa shape index (κ1) is 23.7. The zero-order valence-electron chi connectivity index (χ0n) is 16.1. The lowest BCUT2D eigenvalue weighted by atomic mass is 10.1. The van der Waals surface area contributed by atoms with Gasteiger partial charge in [-0.1, -0.05) is 43.2 Å². The van der Waals surface area contributed by atoms with E-state index in [9.17, 15) is 4.79 Å². The summed E-state index contributed by atoms with van der Waals surface area (Å²) in [5.41, 5.74) is 3.90. The second-order valence-corrected chi connectivity index (χ2v) is 6.38. The smallest absolute Gasteiger partial charge is 0.222 e. The molecule has 0 atom stereocenters. The first-order chi connectivity index (χ1) is 11.4. The zero-order valence-corrected chi connectivity index (χ0v) is 18.4. The molecule has 0 radical (unpaired) electrons. The Morgan fingerprint density at radius 3 is 2.20 bits per heavy atom. The van der Waals surface area contributed by atoms with Crippen LogP contribution in [0.3, 0.4) is 0 Å². The standard InChI is InChI=1S/C19H32N4O.HI/c1-6-20-19(23-10-9-21-18(24)14(2)3)22-8-7-17-12-15(4)11-16(5)13-17;/h11-14H,6-10H2,1-5H3,(H,21,24)(H2,20,22,23);1H. The SMILES string of the molecule is CCNC(=NCCc1cc(C)cc(C)c1)NCCNC(=O)C(C)C.I. The lowest BCUT2D eigenvalue weighted by molar-refractivity contribution is -0.123. The number of nitrogens with one attached hydrogen (secondary N) is 3. The molecule has 0 aliphatic rings. The van der Waals surface area contributed by atoms with Crippen LogP contribution >= 0.6 is 24.0 Å². The Kier molecular flexibility index (Phi) is 12.3. The van der Waals surface area contributed by atoms with Gasteiger partial charge in [0.1, 0.15) is 0 Å². The van der Waals surface area contributed by atoms with Crippen LogP contribution in [0.15, 0.2) is 23.2 Å². The molecule has 1 aromatic rings. The summed E-state index contributed by atoms with van der Waals surface area (Å²) in [5.74, 6) is 0.888. The number of nitrogens with zero attached hydrogens (tertiary/aromatic N) is 1. The molecule has 0 fully saturated rings. The maximum atomic E-state index is 11.5. The minimum atomic E-state index is 0. The van der Waals surface area contributed by atoms with E-state index in [1.54, 1.807) is 0 Å². The van der Waals surface area contributed by atoms with Gasteiger partial charge >= 0.3 is 0 Å². The van der Waals surface area contributed by atoms with Gasteiger partial charge in [-0.05, 0) is 32.8 Å². The van der Waals surface area contributed by atoms with E-state index in [0.29, 0.717) is 13.1 Å². The van der Waals surface area contributed by atoms with E-state index in [4.69, 9.17) is 0 Å². The van der Waals surface area contributed by atoms with Crippen LogP contribution in [0, 0.1) is 19.8 Å². The molecule has 0 unspecified atom stereocenters. The van der Waals surface area contributed by atoms with Crippen molar-refractivity contribution in [3.05, 3.63) is 34.9 Å². The number of amides is 1. The Balaban J connectivity index is 0.00000576. The van der Waals surface area contributed by atoms with Crippen LogP contribution < -0.4 is 16.0 Å². The maximum Gasteiger partial charge on any atom is 0.222 e. The average Bonchev–Trinajstić information content (AvgIpc) is 2.50. The summed E-state index contributed by atoms with van der Waals surface area (Å²) in [5, 5.41) is 9.37. The molecule has 1 aromatic carbocycles. The van der Waals surface area contributed by atoms with Crippen LogP contribution in [0.4, 0.5) is 0 Å². The van der Waals surface area contributed by atoms with Gasteiger partial charge in [-0.2, -0.15) is 0 Å². The lowest BCUT2D eigenvalue weighted by Gasteiger charge is -2.12. The van der Waals surface area contributed by atoms with E-state index in [2.05, 4.69) is 53.0 Å². The number of benzene rings is 1. The van der Waals surface area contributed by atoms with Gasteiger partial charge in [-0.15, -0.1) is 24.0 Å². The Bertz CT molecular complexity index is 538. The van der Waals surface area contributed by atoms with Gasteiger partial charge < -0.3 is 16.0 Å². The highest BCUT2D eigenvalue weighted by Gasteiger charge is 2.05. The number of hydrogen-bond donors (Lipinski definition) is 3. The summed E-state index contributed by atoms with van der Waals surface area (Å²) in [6.07, 6.45) is 0.920. The maximum absolute atomic E-state index is 11.5. The summed E-state index contributed by atoms with van der Waals surface area (Å²) in [6, 6.07) is 6.61. The van der Waals surface area contributed by atoms with E-state index in [0.717, 1.165) is 25.5 Å². The minimum absolute atomic E-state index is 0. The van der Waals surface area contributed by atoms with Gasteiger partial charge in [0.15, 0.2) is 5.96 Å². The normalized spacial score (nSPS) is 11.0. The van der Waals surface area contributed by atoms with Gasteiger partial charge in [-0.25, -0.2) is 0 Å². The lowest BCUT2D eigenvalue weighted by Crippen LogP contribution is -2.42.